The first-order valence-corrected chi connectivity index (χ1v) is 4.83. The fourth-order valence-corrected chi connectivity index (χ4v) is 1.53. The zero-order valence-electron chi connectivity index (χ0n) is 9.02. The van der Waals surface area contributed by atoms with Crippen LogP contribution in [0.4, 0.5) is 0 Å². The summed E-state index contributed by atoms with van der Waals surface area (Å²) in [5.74, 6) is -0.253. The van der Waals surface area contributed by atoms with Crippen LogP contribution in [-0.2, 0) is 7.05 Å². The molecule has 16 heavy (non-hydrogen) atoms. The van der Waals surface area contributed by atoms with Gasteiger partial charge in [0.05, 0.1) is 10.9 Å². The van der Waals surface area contributed by atoms with Crippen molar-refractivity contribution in [1.82, 2.24) is 14.9 Å². The number of carbonyl (C=O) groups excluding carboxylic acids is 1. The van der Waals surface area contributed by atoms with Crippen molar-refractivity contribution in [3.63, 3.8) is 0 Å². The highest BCUT2D eigenvalue weighted by atomic mass is 16.2. The maximum absolute atomic E-state index is 11.9. The van der Waals surface area contributed by atoms with Crippen molar-refractivity contribution in [1.29, 1.82) is 0 Å². The Bertz CT molecular complexity index is 616. The molecule has 1 aromatic heterocycles. The fourth-order valence-electron chi connectivity index (χ4n) is 1.53. The highest BCUT2D eigenvalue weighted by Gasteiger charge is 2.12. The maximum Gasteiger partial charge on any atom is 0.287 e. The highest BCUT2D eigenvalue weighted by Crippen LogP contribution is 2.06. The van der Waals surface area contributed by atoms with Gasteiger partial charge in [0.1, 0.15) is 0 Å². The molecule has 0 aliphatic rings. The van der Waals surface area contributed by atoms with Crippen LogP contribution < -0.4 is 10.9 Å². The molecule has 0 fully saturated rings. The van der Waals surface area contributed by atoms with Crippen molar-refractivity contribution in [3.05, 3.63) is 40.4 Å². The van der Waals surface area contributed by atoms with E-state index in [2.05, 4.69) is 10.3 Å². The number of amides is 1. The number of benzene rings is 1. The smallest absolute Gasteiger partial charge is 0.287 e. The third kappa shape index (κ3) is 1.46. The van der Waals surface area contributed by atoms with Crippen molar-refractivity contribution in [3.8, 4) is 0 Å². The Hall–Kier alpha value is -2.17. The largest absolute Gasteiger partial charge is 0.352 e. The van der Waals surface area contributed by atoms with E-state index in [4.69, 9.17) is 0 Å². The van der Waals surface area contributed by atoms with E-state index in [9.17, 15) is 9.59 Å². The van der Waals surface area contributed by atoms with E-state index in [0.29, 0.717) is 10.9 Å². The van der Waals surface area contributed by atoms with Gasteiger partial charge in [-0.25, -0.2) is 4.98 Å². The molecule has 0 aliphatic heterocycles. The minimum absolute atomic E-state index is 0.117. The minimum atomic E-state index is -0.370. The first kappa shape index (κ1) is 10.4. The number of para-hydroxylation sites is 1. The Morgan fingerprint density at radius 1 is 1.38 bits per heavy atom. The molecular weight excluding hydrogens is 206 g/mol. The molecule has 0 radical (unpaired) electrons. The molecule has 2 aromatic rings. The van der Waals surface area contributed by atoms with Crippen LogP contribution in [0.1, 0.15) is 10.6 Å². The summed E-state index contributed by atoms with van der Waals surface area (Å²) in [7, 11) is 3.04. The summed E-state index contributed by atoms with van der Waals surface area (Å²) in [5.41, 5.74) is 0.313. The Balaban J connectivity index is 2.84. The summed E-state index contributed by atoms with van der Waals surface area (Å²) in [5, 5.41) is 2.96. The van der Waals surface area contributed by atoms with E-state index in [1.54, 1.807) is 24.3 Å². The standard InChI is InChI=1S/C11H11N3O2/c1-12-10(15)9-13-8-6-4-3-5-7(8)11(16)14(9)2/h3-6H,1-2H3,(H,12,15). The van der Waals surface area contributed by atoms with E-state index in [-0.39, 0.29) is 17.3 Å². The molecule has 0 atom stereocenters. The van der Waals surface area contributed by atoms with Crippen molar-refractivity contribution < 1.29 is 4.79 Å². The quantitative estimate of drug-likeness (QED) is 0.746. The number of nitrogens with zero attached hydrogens (tertiary/aromatic N) is 2. The second-order valence-electron chi connectivity index (χ2n) is 3.40. The van der Waals surface area contributed by atoms with E-state index in [1.807, 2.05) is 0 Å². The molecule has 1 amide bonds. The molecule has 1 aromatic carbocycles. The van der Waals surface area contributed by atoms with Crippen molar-refractivity contribution in [2.45, 2.75) is 0 Å². The summed E-state index contributed by atoms with van der Waals surface area (Å²) >= 11 is 0. The maximum atomic E-state index is 11.9. The average molecular weight is 217 g/mol. The Kier molecular flexibility index (Phi) is 2.44. The van der Waals surface area contributed by atoms with Gasteiger partial charge in [-0.2, -0.15) is 0 Å². The van der Waals surface area contributed by atoms with E-state index in [1.165, 1.54) is 18.7 Å². The lowest BCUT2D eigenvalue weighted by Crippen LogP contribution is -2.30. The SMILES string of the molecule is CNC(=O)c1nc2ccccc2c(=O)n1C. The average Bonchev–Trinajstić information content (AvgIpc) is 2.33. The van der Waals surface area contributed by atoms with Crippen LogP contribution in [0.15, 0.2) is 29.1 Å². The lowest BCUT2D eigenvalue weighted by molar-refractivity contribution is 0.0948. The monoisotopic (exact) mass is 217 g/mol. The number of rotatable bonds is 1. The van der Waals surface area contributed by atoms with E-state index >= 15 is 0 Å². The van der Waals surface area contributed by atoms with E-state index in [0.717, 1.165) is 0 Å². The van der Waals surface area contributed by atoms with Crippen LogP contribution in [0.25, 0.3) is 10.9 Å². The van der Waals surface area contributed by atoms with Gasteiger partial charge in [-0.1, -0.05) is 12.1 Å². The fraction of sp³-hybridized carbons (Fsp3) is 0.182. The van der Waals surface area contributed by atoms with Gasteiger partial charge < -0.3 is 5.32 Å². The van der Waals surface area contributed by atoms with Gasteiger partial charge in [0.25, 0.3) is 11.5 Å². The molecule has 5 nitrogen and oxygen atoms in total. The minimum Gasteiger partial charge on any atom is -0.352 e. The normalized spacial score (nSPS) is 10.4. The van der Waals surface area contributed by atoms with Crippen LogP contribution in [0.3, 0.4) is 0 Å². The number of carbonyl (C=O) groups is 1. The molecule has 0 aliphatic carbocycles. The molecule has 1 N–H and O–H groups in total. The molecule has 2 rings (SSSR count). The Morgan fingerprint density at radius 2 is 2.06 bits per heavy atom. The van der Waals surface area contributed by atoms with Crippen LogP contribution in [0.2, 0.25) is 0 Å². The first-order chi connectivity index (χ1) is 7.65. The zero-order valence-corrected chi connectivity index (χ0v) is 9.02. The Labute approximate surface area is 91.7 Å². The van der Waals surface area contributed by atoms with Crippen LogP contribution in [-0.4, -0.2) is 22.5 Å². The second kappa shape index (κ2) is 3.77. The molecular formula is C11H11N3O2. The van der Waals surface area contributed by atoms with Crippen LogP contribution in [0, 0.1) is 0 Å². The van der Waals surface area contributed by atoms with Crippen molar-refractivity contribution >= 4 is 16.8 Å². The number of hydrogen-bond donors (Lipinski definition) is 1. The summed E-state index contributed by atoms with van der Waals surface area (Å²) in [4.78, 5) is 27.6. The van der Waals surface area contributed by atoms with Crippen molar-refractivity contribution in [2.24, 2.45) is 7.05 Å². The first-order valence-electron chi connectivity index (χ1n) is 4.83. The molecule has 0 saturated heterocycles. The predicted octanol–water partition coefficient (Wildman–Crippen LogP) is 0.293. The zero-order chi connectivity index (χ0) is 11.7. The predicted molar refractivity (Wildman–Crippen MR) is 60.4 cm³/mol. The van der Waals surface area contributed by atoms with Gasteiger partial charge in [-0.15, -0.1) is 0 Å². The van der Waals surface area contributed by atoms with Crippen molar-refractivity contribution in [2.75, 3.05) is 7.05 Å². The van der Waals surface area contributed by atoms with Gasteiger partial charge in [-0.05, 0) is 12.1 Å². The third-order valence-electron chi connectivity index (χ3n) is 2.41. The number of aromatic nitrogens is 2. The third-order valence-corrected chi connectivity index (χ3v) is 2.41. The van der Waals surface area contributed by atoms with Gasteiger partial charge in [0, 0.05) is 14.1 Å². The molecule has 5 heteroatoms. The second-order valence-corrected chi connectivity index (χ2v) is 3.40. The molecule has 0 bridgehead atoms. The molecule has 0 saturated carbocycles. The molecule has 82 valence electrons. The molecule has 1 heterocycles. The van der Waals surface area contributed by atoms with Gasteiger partial charge in [0.15, 0.2) is 0 Å². The number of fused-ring (bicyclic) bond motifs is 1. The summed E-state index contributed by atoms with van der Waals surface area (Å²) in [6, 6.07) is 6.95. The summed E-state index contributed by atoms with van der Waals surface area (Å²) in [6.07, 6.45) is 0. The topological polar surface area (TPSA) is 64.0 Å². The molecule has 0 spiro atoms. The molecule has 0 unspecified atom stereocenters. The van der Waals surface area contributed by atoms with Gasteiger partial charge in [-0.3, -0.25) is 14.2 Å². The summed E-state index contributed by atoms with van der Waals surface area (Å²) < 4.78 is 1.25. The van der Waals surface area contributed by atoms with Gasteiger partial charge >= 0.3 is 0 Å². The van der Waals surface area contributed by atoms with Crippen LogP contribution >= 0.6 is 0 Å². The summed E-state index contributed by atoms with van der Waals surface area (Å²) in [6.45, 7) is 0. The van der Waals surface area contributed by atoms with E-state index < -0.39 is 0 Å². The Morgan fingerprint density at radius 3 is 2.75 bits per heavy atom. The lowest BCUT2D eigenvalue weighted by Gasteiger charge is -2.07. The lowest BCUT2D eigenvalue weighted by atomic mass is 10.2. The number of hydrogen-bond acceptors (Lipinski definition) is 3. The number of nitrogens with one attached hydrogen (secondary N) is 1. The van der Waals surface area contributed by atoms with Crippen LogP contribution in [0.5, 0.6) is 0 Å². The highest BCUT2D eigenvalue weighted by molar-refractivity contribution is 5.92. The van der Waals surface area contributed by atoms with Gasteiger partial charge in [0.2, 0.25) is 5.82 Å².